The third-order valence-corrected chi connectivity index (χ3v) is 3.84. The van der Waals surface area contributed by atoms with Crippen molar-refractivity contribution in [2.45, 2.75) is 51.0 Å². The lowest BCUT2D eigenvalue weighted by molar-refractivity contribution is -0.137. The van der Waals surface area contributed by atoms with Crippen LogP contribution in [-0.2, 0) is 11.2 Å². The van der Waals surface area contributed by atoms with E-state index >= 15 is 0 Å². The van der Waals surface area contributed by atoms with Crippen LogP contribution in [0.2, 0.25) is 0 Å². The lowest BCUT2D eigenvalue weighted by Crippen LogP contribution is -2.08. The zero-order valence-corrected chi connectivity index (χ0v) is 11.4. The number of carbonyl (C=O) groups is 1. The Hall–Kier alpha value is -1.35. The third kappa shape index (κ3) is 4.35. The fraction of sp³-hybridized carbons (Fsp3) is 0.562. The van der Waals surface area contributed by atoms with E-state index in [1.807, 2.05) is 0 Å². The van der Waals surface area contributed by atoms with Crippen LogP contribution in [0.15, 0.2) is 24.3 Å². The number of benzene rings is 1. The third-order valence-electron chi connectivity index (χ3n) is 3.84. The molecule has 3 nitrogen and oxygen atoms in total. The number of rotatable bonds is 7. The summed E-state index contributed by atoms with van der Waals surface area (Å²) < 4.78 is 0. The Balaban J connectivity index is 2.01. The van der Waals surface area contributed by atoms with E-state index in [4.69, 9.17) is 5.11 Å². The molecule has 3 heteroatoms. The van der Waals surface area contributed by atoms with E-state index in [2.05, 4.69) is 24.3 Å². The summed E-state index contributed by atoms with van der Waals surface area (Å²) in [4.78, 5) is 10.9. The molecule has 1 aliphatic carbocycles. The Kier molecular flexibility index (Phi) is 4.59. The first-order chi connectivity index (χ1) is 9.06. The molecule has 1 aliphatic rings. The van der Waals surface area contributed by atoms with Crippen LogP contribution < -0.4 is 0 Å². The maximum absolute atomic E-state index is 10.9. The number of aliphatic hydroxyl groups is 1. The molecule has 1 saturated carbocycles. The second kappa shape index (κ2) is 6.20. The van der Waals surface area contributed by atoms with Crippen molar-refractivity contribution in [2.75, 3.05) is 0 Å². The van der Waals surface area contributed by atoms with E-state index in [1.54, 1.807) is 6.92 Å². The average molecular weight is 262 g/mol. The maximum Gasteiger partial charge on any atom is 0.303 e. The Bertz CT molecular complexity index is 418. The summed E-state index contributed by atoms with van der Waals surface area (Å²) in [6, 6.07) is 8.25. The minimum Gasteiger partial charge on any atom is -0.481 e. The molecule has 0 saturated heterocycles. The van der Waals surface area contributed by atoms with E-state index in [1.165, 1.54) is 5.56 Å². The van der Waals surface area contributed by atoms with Gasteiger partial charge in [0.2, 0.25) is 0 Å². The summed E-state index contributed by atoms with van der Waals surface area (Å²) in [6.45, 7) is 1.80. The number of aliphatic hydroxyl groups excluding tert-OH is 1. The first-order valence-electron chi connectivity index (χ1n) is 7.05. The first kappa shape index (κ1) is 14.1. The van der Waals surface area contributed by atoms with Gasteiger partial charge in [-0.2, -0.15) is 0 Å². The van der Waals surface area contributed by atoms with E-state index in [0.717, 1.165) is 31.2 Å². The number of hydrogen-bond acceptors (Lipinski definition) is 2. The lowest BCUT2D eigenvalue weighted by atomic mass is 9.90. The van der Waals surface area contributed by atoms with Crippen molar-refractivity contribution in [2.24, 2.45) is 5.92 Å². The summed E-state index contributed by atoms with van der Waals surface area (Å²) >= 11 is 0. The molecule has 0 spiro atoms. The summed E-state index contributed by atoms with van der Waals surface area (Å²) in [6.07, 6.45) is 3.90. The van der Waals surface area contributed by atoms with Crippen molar-refractivity contribution >= 4 is 5.97 Å². The molecule has 1 aromatic carbocycles. The van der Waals surface area contributed by atoms with Crippen LogP contribution >= 0.6 is 0 Å². The van der Waals surface area contributed by atoms with Crippen molar-refractivity contribution in [1.82, 2.24) is 0 Å². The SMILES string of the molecule is CC(O)CCc1ccc(C(CC(=O)O)C2CC2)cc1. The predicted molar refractivity (Wildman–Crippen MR) is 74.2 cm³/mol. The Morgan fingerprint density at radius 1 is 1.32 bits per heavy atom. The largest absolute Gasteiger partial charge is 0.481 e. The Morgan fingerprint density at radius 3 is 2.42 bits per heavy atom. The van der Waals surface area contributed by atoms with E-state index in [-0.39, 0.29) is 18.4 Å². The molecule has 0 amide bonds. The molecule has 0 bridgehead atoms. The topological polar surface area (TPSA) is 57.5 Å². The highest BCUT2D eigenvalue weighted by Gasteiger charge is 2.33. The molecular formula is C16H22O3. The molecular weight excluding hydrogens is 240 g/mol. The van der Waals surface area contributed by atoms with Crippen LogP contribution in [0.25, 0.3) is 0 Å². The molecule has 0 radical (unpaired) electrons. The zero-order valence-electron chi connectivity index (χ0n) is 11.4. The Labute approximate surface area is 114 Å². The highest BCUT2D eigenvalue weighted by Crippen LogP contribution is 2.44. The van der Waals surface area contributed by atoms with Gasteiger partial charge in [-0.15, -0.1) is 0 Å². The van der Waals surface area contributed by atoms with Gasteiger partial charge in [0.05, 0.1) is 12.5 Å². The van der Waals surface area contributed by atoms with Crippen LogP contribution in [0.4, 0.5) is 0 Å². The molecule has 0 heterocycles. The fourth-order valence-corrected chi connectivity index (χ4v) is 2.55. The van der Waals surface area contributed by atoms with Crippen LogP contribution in [0.1, 0.15) is 49.7 Å². The van der Waals surface area contributed by atoms with Crippen LogP contribution in [0.3, 0.4) is 0 Å². The molecule has 2 unspecified atom stereocenters. The van der Waals surface area contributed by atoms with Gasteiger partial charge in [0.25, 0.3) is 0 Å². The van der Waals surface area contributed by atoms with Gasteiger partial charge in [0.1, 0.15) is 0 Å². The van der Waals surface area contributed by atoms with Gasteiger partial charge in [-0.25, -0.2) is 0 Å². The summed E-state index contributed by atoms with van der Waals surface area (Å²) in [7, 11) is 0. The molecule has 2 N–H and O–H groups in total. The van der Waals surface area contributed by atoms with Crippen molar-refractivity contribution in [1.29, 1.82) is 0 Å². The highest BCUT2D eigenvalue weighted by molar-refractivity contribution is 5.68. The standard InChI is InChI=1S/C16H22O3/c1-11(17)2-3-12-4-6-13(7-5-12)15(10-16(18)19)14-8-9-14/h4-7,11,14-15,17H,2-3,8-10H2,1H3,(H,18,19). The summed E-state index contributed by atoms with van der Waals surface area (Å²) in [5.74, 6) is 0.0119. The van der Waals surface area contributed by atoms with Gasteiger partial charge in [0.15, 0.2) is 0 Å². The highest BCUT2D eigenvalue weighted by atomic mass is 16.4. The molecule has 2 atom stereocenters. The minimum absolute atomic E-state index is 0.170. The smallest absolute Gasteiger partial charge is 0.303 e. The monoisotopic (exact) mass is 262 g/mol. The van der Waals surface area contributed by atoms with E-state index < -0.39 is 5.97 Å². The number of carboxylic acid groups (broad SMARTS) is 1. The fourth-order valence-electron chi connectivity index (χ4n) is 2.55. The molecule has 1 aromatic rings. The zero-order chi connectivity index (χ0) is 13.8. The molecule has 1 fully saturated rings. The normalized spacial score (nSPS) is 18.0. The Morgan fingerprint density at radius 2 is 1.95 bits per heavy atom. The van der Waals surface area contributed by atoms with E-state index in [0.29, 0.717) is 5.92 Å². The quantitative estimate of drug-likeness (QED) is 0.794. The lowest BCUT2D eigenvalue weighted by Gasteiger charge is -2.15. The van der Waals surface area contributed by atoms with E-state index in [9.17, 15) is 9.90 Å². The molecule has 2 rings (SSSR count). The van der Waals surface area contributed by atoms with Crippen LogP contribution in [-0.4, -0.2) is 22.3 Å². The molecule has 104 valence electrons. The van der Waals surface area contributed by atoms with Crippen LogP contribution in [0.5, 0.6) is 0 Å². The first-order valence-corrected chi connectivity index (χ1v) is 7.05. The number of carboxylic acids is 1. The van der Waals surface area contributed by atoms with Gasteiger partial charge >= 0.3 is 5.97 Å². The van der Waals surface area contributed by atoms with Gasteiger partial charge < -0.3 is 10.2 Å². The van der Waals surface area contributed by atoms with Crippen LogP contribution in [0, 0.1) is 5.92 Å². The van der Waals surface area contributed by atoms with Crippen molar-refractivity contribution in [3.05, 3.63) is 35.4 Å². The molecule has 0 aliphatic heterocycles. The van der Waals surface area contributed by atoms with Crippen molar-refractivity contribution in [3.8, 4) is 0 Å². The summed E-state index contributed by atoms with van der Waals surface area (Å²) in [5.41, 5.74) is 2.35. The minimum atomic E-state index is -0.713. The van der Waals surface area contributed by atoms with Gasteiger partial charge in [0, 0.05) is 0 Å². The number of aryl methyl sites for hydroxylation is 1. The van der Waals surface area contributed by atoms with Gasteiger partial charge in [-0.05, 0) is 55.6 Å². The molecule has 0 aromatic heterocycles. The predicted octanol–water partition coefficient (Wildman–Crippen LogP) is 2.97. The second-order valence-electron chi connectivity index (χ2n) is 5.67. The van der Waals surface area contributed by atoms with Crippen molar-refractivity contribution in [3.63, 3.8) is 0 Å². The molecule has 19 heavy (non-hydrogen) atoms. The van der Waals surface area contributed by atoms with Gasteiger partial charge in [-0.1, -0.05) is 24.3 Å². The maximum atomic E-state index is 10.9. The van der Waals surface area contributed by atoms with Crippen molar-refractivity contribution < 1.29 is 15.0 Å². The summed E-state index contributed by atoms with van der Waals surface area (Å²) in [5, 5.41) is 18.3. The second-order valence-corrected chi connectivity index (χ2v) is 5.67. The number of hydrogen-bond donors (Lipinski definition) is 2. The average Bonchev–Trinajstić information content (AvgIpc) is 3.18. The van der Waals surface area contributed by atoms with Gasteiger partial charge in [-0.3, -0.25) is 4.79 Å². The number of aliphatic carboxylic acids is 1.